The van der Waals surface area contributed by atoms with E-state index < -0.39 is 0 Å². The maximum atomic E-state index is 6.54. The number of aromatic nitrogens is 1. The molecule has 9 aromatic rings. The van der Waals surface area contributed by atoms with Crippen LogP contribution in [0, 0.1) is 0 Å². The molecule has 0 bridgehead atoms. The smallest absolute Gasteiger partial charge is 0.227 e. The first-order chi connectivity index (χ1) is 22.8. The third-order valence-electron chi connectivity index (χ3n) is 8.89. The number of fused-ring (bicyclic) bond motifs is 4. The highest BCUT2D eigenvalue weighted by atomic mass is 16.3. The monoisotopic (exact) mass is 588 g/mol. The second kappa shape index (κ2) is 10.8. The predicted molar refractivity (Wildman–Crippen MR) is 192 cm³/mol. The van der Waals surface area contributed by atoms with Gasteiger partial charge in [0.2, 0.25) is 5.89 Å². The molecule has 0 atom stereocenters. The largest absolute Gasteiger partial charge is 0.435 e. The molecule has 0 unspecified atom stereocenters. The average molecular weight is 589 g/mol. The number of nitrogens with zero attached hydrogens (tertiary/aromatic N) is 2. The third kappa shape index (κ3) is 4.33. The van der Waals surface area contributed by atoms with E-state index in [0.29, 0.717) is 5.89 Å². The van der Waals surface area contributed by atoms with Crippen molar-refractivity contribution in [1.82, 2.24) is 4.98 Å². The Balaban J connectivity index is 1.18. The molecular weight excluding hydrogens is 560 g/mol. The summed E-state index contributed by atoms with van der Waals surface area (Å²) >= 11 is 0. The minimum absolute atomic E-state index is 0.633. The fourth-order valence-corrected chi connectivity index (χ4v) is 6.71. The van der Waals surface area contributed by atoms with Crippen molar-refractivity contribution >= 4 is 60.5 Å². The summed E-state index contributed by atoms with van der Waals surface area (Å²) in [7, 11) is 0. The molecule has 0 amide bonds. The SMILES string of the molecule is c1ccc2c(-c3nc4cccc(-c5ccc(N(c6cccc7ccccc67)c6cccc7ccccc67)cc5)c4o3)cccc2c1. The summed E-state index contributed by atoms with van der Waals surface area (Å²) in [5.41, 5.74) is 8.08. The molecule has 0 spiro atoms. The summed E-state index contributed by atoms with van der Waals surface area (Å²) in [6.07, 6.45) is 0. The fraction of sp³-hybridized carbons (Fsp3) is 0. The van der Waals surface area contributed by atoms with E-state index in [1.807, 2.05) is 6.07 Å². The van der Waals surface area contributed by atoms with Gasteiger partial charge in [0.15, 0.2) is 5.58 Å². The van der Waals surface area contributed by atoms with Crippen molar-refractivity contribution < 1.29 is 4.42 Å². The molecule has 0 saturated heterocycles. The minimum Gasteiger partial charge on any atom is -0.435 e. The maximum Gasteiger partial charge on any atom is 0.227 e. The van der Waals surface area contributed by atoms with Crippen LogP contribution in [0.5, 0.6) is 0 Å². The second-order valence-corrected chi connectivity index (χ2v) is 11.6. The van der Waals surface area contributed by atoms with Gasteiger partial charge in [0.1, 0.15) is 5.52 Å². The molecule has 0 aliphatic heterocycles. The van der Waals surface area contributed by atoms with Crippen LogP contribution in [0.15, 0.2) is 174 Å². The molecule has 0 saturated carbocycles. The molecule has 216 valence electrons. The minimum atomic E-state index is 0.633. The Hall–Kier alpha value is -6.19. The van der Waals surface area contributed by atoms with Crippen molar-refractivity contribution in [2.45, 2.75) is 0 Å². The van der Waals surface area contributed by atoms with Crippen LogP contribution in [-0.4, -0.2) is 4.98 Å². The lowest BCUT2D eigenvalue weighted by Crippen LogP contribution is -2.11. The fourth-order valence-electron chi connectivity index (χ4n) is 6.71. The van der Waals surface area contributed by atoms with Crippen LogP contribution >= 0.6 is 0 Å². The van der Waals surface area contributed by atoms with Crippen LogP contribution < -0.4 is 4.90 Å². The van der Waals surface area contributed by atoms with Gasteiger partial charge in [-0.1, -0.05) is 133 Å². The standard InChI is InChI=1S/C43H28N2O/c1-4-17-34-29(11-1)14-7-21-38(34)43-44-39-22-10-20-37(42(39)46-43)32-25-27-33(28-26-32)45(40-23-8-15-30-12-2-5-18-35(30)40)41-24-9-16-31-13-3-6-19-36(31)41/h1-28H. The van der Waals surface area contributed by atoms with Crippen molar-refractivity contribution in [3.05, 3.63) is 170 Å². The Morgan fingerprint density at radius 2 is 0.913 bits per heavy atom. The lowest BCUT2D eigenvalue weighted by molar-refractivity contribution is 0.621. The number of hydrogen-bond acceptors (Lipinski definition) is 3. The molecule has 0 fully saturated rings. The van der Waals surface area contributed by atoms with Crippen LogP contribution in [0.1, 0.15) is 0 Å². The highest BCUT2D eigenvalue weighted by Crippen LogP contribution is 2.43. The third-order valence-corrected chi connectivity index (χ3v) is 8.89. The van der Waals surface area contributed by atoms with Crippen LogP contribution in [0.3, 0.4) is 0 Å². The number of hydrogen-bond donors (Lipinski definition) is 0. The highest BCUT2D eigenvalue weighted by molar-refractivity contribution is 6.05. The van der Waals surface area contributed by atoms with Crippen molar-refractivity contribution in [3.63, 3.8) is 0 Å². The van der Waals surface area contributed by atoms with E-state index in [4.69, 9.17) is 9.40 Å². The van der Waals surface area contributed by atoms with Crippen LogP contribution in [0.25, 0.3) is 66.0 Å². The molecule has 0 N–H and O–H groups in total. The van der Waals surface area contributed by atoms with Crippen LogP contribution in [0.2, 0.25) is 0 Å². The van der Waals surface area contributed by atoms with Crippen molar-refractivity contribution in [3.8, 4) is 22.6 Å². The number of benzene rings is 8. The van der Waals surface area contributed by atoms with Crippen LogP contribution in [0.4, 0.5) is 17.1 Å². The van der Waals surface area contributed by atoms with E-state index in [1.165, 1.54) is 26.9 Å². The van der Waals surface area contributed by atoms with Gasteiger partial charge in [-0.3, -0.25) is 0 Å². The molecule has 0 radical (unpaired) electrons. The second-order valence-electron chi connectivity index (χ2n) is 11.6. The summed E-state index contributed by atoms with van der Waals surface area (Å²) < 4.78 is 6.54. The Morgan fingerprint density at radius 3 is 1.57 bits per heavy atom. The zero-order chi connectivity index (χ0) is 30.5. The Morgan fingerprint density at radius 1 is 0.413 bits per heavy atom. The van der Waals surface area contributed by atoms with Gasteiger partial charge in [-0.05, 0) is 63.5 Å². The van der Waals surface area contributed by atoms with Crippen molar-refractivity contribution in [1.29, 1.82) is 0 Å². The Bertz CT molecular complexity index is 2450. The molecule has 3 nitrogen and oxygen atoms in total. The normalized spacial score (nSPS) is 11.5. The van der Waals surface area contributed by atoms with E-state index in [9.17, 15) is 0 Å². The molecule has 8 aromatic carbocycles. The predicted octanol–water partition coefficient (Wildman–Crippen LogP) is 12.1. The van der Waals surface area contributed by atoms with Gasteiger partial charge in [0.25, 0.3) is 0 Å². The number of para-hydroxylation sites is 1. The molecule has 46 heavy (non-hydrogen) atoms. The summed E-state index contributed by atoms with van der Waals surface area (Å²) in [6.45, 7) is 0. The summed E-state index contributed by atoms with van der Waals surface area (Å²) in [6, 6.07) is 59.8. The van der Waals surface area contributed by atoms with Gasteiger partial charge in [-0.2, -0.15) is 0 Å². The topological polar surface area (TPSA) is 29.3 Å². The highest BCUT2D eigenvalue weighted by Gasteiger charge is 2.19. The first-order valence-corrected chi connectivity index (χ1v) is 15.6. The molecule has 3 heteroatoms. The summed E-state index contributed by atoms with van der Waals surface area (Å²) in [4.78, 5) is 7.30. The summed E-state index contributed by atoms with van der Waals surface area (Å²) in [5, 5.41) is 7.12. The van der Waals surface area contributed by atoms with Gasteiger partial charge < -0.3 is 9.32 Å². The van der Waals surface area contributed by atoms with E-state index >= 15 is 0 Å². The van der Waals surface area contributed by atoms with Crippen molar-refractivity contribution in [2.24, 2.45) is 0 Å². The zero-order valence-electron chi connectivity index (χ0n) is 25.0. The van der Waals surface area contributed by atoms with Gasteiger partial charge in [0, 0.05) is 27.6 Å². The lowest BCUT2D eigenvalue weighted by atomic mass is 10.0. The van der Waals surface area contributed by atoms with Gasteiger partial charge in [0.05, 0.1) is 11.4 Å². The molecular formula is C43H28N2O. The number of anilines is 3. The number of rotatable bonds is 5. The first kappa shape index (κ1) is 26.2. The van der Waals surface area contributed by atoms with Crippen LogP contribution in [-0.2, 0) is 0 Å². The maximum absolute atomic E-state index is 6.54. The van der Waals surface area contributed by atoms with Gasteiger partial charge >= 0.3 is 0 Å². The molecule has 1 heterocycles. The molecule has 0 aliphatic carbocycles. The average Bonchev–Trinajstić information content (AvgIpc) is 3.57. The van der Waals surface area contributed by atoms with E-state index in [0.717, 1.165) is 50.2 Å². The Kier molecular flexibility index (Phi) is 6.14. The van der Waals surface area contributed by atoms with Crippen molar-refractivity contribution in [2.75, 3.05) is 4.90 Å². The lowest BCUT2D eigenvalue weighted by Gasteiger charge is -2.28. The Labute approximate surface area is 266 Å². The quantitative estimate of drug-likeness (QED) is 0.200. The van der Waals surface area contributed by atoms with E-state index in [2.05, 4.69) is 169 Å². The van der Waals surface area contributed by atoms with Gasteiger partial charge in [-0.15, -0.1) is 0 Å². The van der Waals surface area contributed by atoms with E-state index in [1.54, 1.807) is 0 Å². The van der Waals surface area contributed by atoms with E-state index in [-0.39, 0.29) is 0 Å². The first-order valence-electron chi connectivity index (χ1n) is 15.6. The molecule has 1 aromatic heterocycles. The molecule has 9 rings (SSSR count). The zero-order valence-corrected chi connectivity index (χ0v) is 25.0. The van der Waals surface area contributed by atoms with Gasteiger partial charge in [-0.25, -0.2) is 4.98 Å². The molecule has 0 aliphatic rings. The number of oxazole rings is 1. The summed E-state index contributed by atoms with van der Waals surface area (Å²) in [5.74, 6) is 0.633.